The van der Waals surface area contributed by atoms with Crippen LogP contribution in [0.1, 0.15) is 98.6 Å². The molecule has 0 atom stereocenters. The molecule has 0 aromatic heterocycles. The van der Waals surface area contributed by atoms with Crippen LogP contribution in [0.3, 0.4) is 0 Å². The Balaban J connectivity index is 0.000000204. The van der Waals surface area contributed by atoms with Crippen molar-refractivity contribution in [1.82, 2.24) is 0 Å². The largest absolute Gasteiger partial charge is 0.396 e. The molecular weight excluding hydrogens is 679 g/mol. The van der Waals surface area contributed by atoms with Gasteiger partial charge in [-0.2, -0.15) is 0 Å². The summed E-state index contributed by atoms with van der Waals surface area (Å²) in [5.41, 5.74) is 14.2. The van der Waals surface area contributed by atoms with E-state index in [0.29, 0.717) is 6.61 Å². The van der Waals surface area contributed by atoms with Crippen LogP contribution in [-0.2, 0) is 33.3 Å². The summed E-state index contributed by atoms with van der Waals surface area (Å²) in [6.07, 6.45) is 20.9. The van der Waals surface area contributed by atoms with Crippen LogP contribution in [0.4, 0.5) is 0 Å². The topological polar surface area (TPSA) is 40.5 Å². The molecule has 0 fully saturated rings. The Labute approximate surface area is 302 Å². The van der Waals surface area contributed by atoms with Gasteiger partial charge in [-0.05, 0) is 123 Å². The summed E-state index contributed by atoms with van der Waals surface area (Å²) in [5.74, 6) is 6.51. The molecule has 0 saturated heterocycles. The third kappa shape index (κ3) is 7.39. The second-order valence-electron chi connectivity index (χ2n) is 12.6. The zero-order chi connectivity index (χ0) is 30.6. The molecule has 4 aromatic rings. The Bertz CT molecular complexity index is 1960. The minimum Gasteiger partial charge on any atom is -0.396 e. The Morgan fingerprint density at radius 1 is 0.583 bits per heavy atom. The first kappa shape index (κ1) is 37.3. The van der Waals surface area contributed by atoms with Gasteiger partial charge >= 0.3 is 0 Å². The molecule has 4 aliphatic rings. The van der Waals surface area contributed by atoms with Gasteiger partial charge in [-0.3, -0.25) is 0 Å². The van der Waals surface area contributed by atoms with Gasteiger partial charge in [0.25, 0.3) is 0 Å². The SMILES string of the molecule is C.OCCCC#CC1=CCC2=CCc3cccc4ccc1c2c34.OCCCCCCC1=CCC2=CCc3cccc4ccc1c2c34.[CH3-].[Pd]. The van der Waals surface area contributed by atoms with Crippen molar-refractivity contribution in [1.29, 1.82) is 0 Å². The standard InChI is InChI=1S/C22H24O.C21H18O.CH4.CH3.Pd/c23-15-4-2-1-3-6-16-9-10-19-12-11-17-7-5-8-18-13-14-20(16)22(19)21(17)18;22-14-3-1-2-5-15-8-9-18-11-10-16-6-4-7-17-12-13-19(15)21(18)20(16)17;;;/h5,7-9,12-14,23H,1-4,6,10-11,15H2;4,6-8,11-13,22H,1,3,9-10,14H2;1H4;1H3;/q;;;-1;. The molecular formula is C45H49O2Pd-. The molecule has 0 amide bonds. The van der Waals surface area contributed by atoms with Crippen LogP contribution < -0.4 is 0 Å². The average Bonchev–Trinajstić information content (AvgIpc) is 3.09. The fourth-order valence-corrected chi connectivity index (χ4v) is 7.58. The summed E-state index contributed by atoms with van der Waals surface area (Å²) in [4.78, 5) is 0. The quantitative estimate of drug-likeness (QED) is 0.0821. The maximum absolute atomic E-state index is 8.89. The molecule has 0 heterocycles. The number of hydrogen-bond donors (Lipinski definition) is 2. The van der Waals surface area contributed by atoms with Crippen molar-refractivity contribution in [2.45, 2.75) is 78.1 Å². The number of aliphatic hydroxyl groups is 2. The number of hydrogen-bond acceptors (Lipinski definition) is 2. The number of unbranched alkanes of at least 4 members (excludes halogenated alkanes) is 4. The zero-order valence-corrected chi connectivity index (χ0v) is 29.0. The third-order valence-corrected chi connectivity index (χ3v) is 9.81. The molecule has 2 N–H and O–H groups in total. The molecule has 0 unspecified atom stereocenters. The van der Waals surface area contributed by atoms with Gasteiger partial charge in [0.1, 0.15) is 0 Å². The van der Waals surface area contributed by atoms with Gasteiger partial charge in [-0.1, -0.05) is 117 Å². The van der Waals surface area contributed by atoms with Crippen LogP contribution in [0.25, 0.3) is 43.8 Å². The molecule has 0 radical (unpaired) electrons. The van der Waals surface area contributed by atoms with E-state index in [2.05, 4.69) is 96.8 Å². The van der Waals surface area contributed by atoms with Gasteiger partial charge in [0, 0.05) is 45.6 Å². The van der Waals surface area contributed by atoms with E-state index in [1.807, 2.05) is 0 Å². The van der Waals surface area contributed by atoms with Crippen molar-refractivity contribution in [2.24, 2.45) is 0 Å². The van der Waals surface area contributed by atoms with Gasteiger partial charge in [0.15, 0.2) is 0 Å². The monoisotopic (exact) mass is 727 g/mol. The molecule has 0 saturated carbocycles. The molecule has 3 heteroatoms. The Morgan fingerprint density at radius 2 is 1.17 bits per heavy atom. The Kier molecular flexibility index (Phi) is 13.4. The third-order valence-electron chi connectivity index (χ3n) is 9.81. The van der Waals surface area contributed by atoms with Crippen LogP contribution in [0.15, 0.2) is 85.0 Å². The Hall–Kier alpha value is -3.50. The molecule has 0 aliphatic heterocycles. The number of aliphatic hydroxyl groups excluding tert-OH is 2. The summed E-state index contributed by atoms with van der Waals surface area (Å²) in [7, 11) is 0. The minimum absolute atomic E-state index is 0. The summed E-state index contributed by atoms with van der Waals surface area (Å²) >= 11 is 0. The van der Waals surface area contributed by atoms with Crippen molar-refractivity contribution < 1.29 is 30.6 Å². The van der Waals surface area contributed by atoms with Crippen molar-refractivity contribution in [2.75, 3.05) is 13.2 Å². The summed E-state index contributed by atoms with van der Waals surface area (Å²) in [5, 5.41) is 23.4. The second kappa shape index (κ2) is 17.2. The Morgan fingerprint density at radius 3 is 1.81 bits per heavy atom. The molecule has 4 aliphatic carbocycles. The van der Waals surface area contributed by atoms with Crippen LogP contribution in [0.2, 0.25) is 0 Å². The van der Waals surface area contributed by atoms with E-state index in [4.69, 9.17) is 10.2 Å². The fourth-order valence-electron chi connectivity index (χ4n) is 7.58. The second-order valence-corrected chi connectivity index (χ2v) is 12.6. The van der Waals surface area contributed by atoms with Gasteiger partial charge < -0.3 is 17.6 Å². The van der Waals surface area contributed by atoms with E-state index in [1.165, 1.54) is 90.9 Å². The van der Waals surface area contributed by atoms with E-state index in [-0.39, 0.29) is 41.9 Å². The van der Waals surface area contributed by atoms with Crippen molar-refractivity contribution >= 4 is 43.8 Å². The van der Waals surface area contributed by atoms with E-state index in [1.54, 1.807) is 0 Å². The molecule has 252 valence electrons. The van der Waals surface area contributed by atoms with Crippen LogP contribution in [0.5, 0.6) is 0 Å². The zero-order valence-electron chi connectivity index (χ0n) is 27.5. The van der Waals surface area contributed by atoms with Gasteiger partial charge in [0.05, 0.1) is 0 Å². The first-order chi connectivity index (χ1) is 22.3. The summed E-state index contributed by atoms with van der Waals surface area (Å²) < 4.78 is 0. The van der Waals surface area contributed by atoms with Crippen LogP contribution >= 0.6 is 0 Å². The molecule has 0 spiro atoms. The number of allylic oxidation sites excluding steroid dienone is 8. The molecule has 48 heavy (non-hydrogen) atoms. The van der Waals surface area contributed by atoms with Crippen LogP contribution in [0, 0.1) is 19.3 Å². The maximum atomic E-state index is 8.89. The average molecular weight is 728 g/mol. The van der Waals surface area contributed by atoms with Crippen molar-refractivity contribution in [3.8, 4) is 11.8 Å². The number of benzene rings is 4. The normalized spacial score (nSPS) is 14.3. The summed E-state index contributed by atoms with van der Waals surface area (Å²) in [6.45, 7) is 0.541. The number of rotatable bonds is 8. The van der Waals surface area contributed by atoms with Gasteiger partial charge in [-0.25, -0.2) is 0 Å². The molecule has 2 nitrogen and oxygen atoms in total. The predicted octanol–water partition coefficient (Wildman–Crippen LogP) is 10.9. The van der Waals surface area contributed by atoms with E-state index < -0.39 is 0 Å². The molecule has 8 rings (SSSR count). The van der Waals surface area contributed by atoms with Gasteiger partial charge in [-0.15, -0.1) is 0 Å². The predicted molar refractivity (Wildman–Crippen MR) is 204 cm³/mol. The first-order valence-electron chi connectivity index (χ1n) is 16.9. The summed E-state index contributed by atoms with van der Waals surface area (Å²) in [6, 6.07) is 22.4. The van der Waals surface area contributed by atoms with E-state index in [9.17, 15) is 0 Å². The van der Waals surface area contributed by atoms with E-state index >= 15 is 0 Å². The fraction of sp³-hybridized carbons (Fsp3) is 0.311. The van der Waals surface area contributed by atoms with Gasteiger partial charge in [0.2, 0.25) is 0 Å². The first-order valence-corrected chi connectivity index (χ1v) is 16.9. The minimum atomic E-state index is 0. The van der Waals surface area contributed by atoms with E-state index in [0.717, 1.165) is 56.9 Å². The molecule has 0 bridgehead atoms. The van der Waals surface area contributed by atoms with Crippen molar-refractivity contribution in [3.05, 3.63) is 126 Å². The van der Waals surface area contributed by atoms with Crippen LogP contribution in [-0.4, -0.2) is 23.4 Å². The maximum Gasteiger partial charge on any atom is 0.0440 e. The smallest absolute Gasteiger partial charge is 0.0440 e. The molecule has 4 aromatic carbocycles. The van der Waals surface area contributed by atoms with Crippen molar-refractivity contribution in [3.63, 3.8) is 0 Å².